The van der Waals surface area contributed by atoms with Gasteiger partial charge in [0.25, 0.3) is 0 Å². The molecule has 100 heavy (non-hydrogen) atoms. The smallest absolute Gasteiger partial charge is 0.143 e. The largest absolute Gasteiger partial charge is 0.455 e. The van der Waals surface area contributed by atoms with Crippen molar-refractivity contribution in [1.82, 2.24) is 29.1 Å². The molecule has 0 aliphatic carbocycles. The molecule has 0 fully saturated rings. The molecule has 466 valence electrons. The molecule has 0 bridgehead atoms. The van der Waals surface area contributed by atoms with Gasteiger partial charge in [0.15, 0.2) is 0 Å². The number of nitrogens with zero attached hydrogens (tertiary/aromatic N) is 6. The molecule has 8 heteroatoms. The Morgan fingerprint density at radius 3 is 1.02 bits per heavy atom. The molecule has 20 rings (SSSR count). The molecule has 0 N–H and O–H groups in total. The Labute approximate surface area is 574 Å². The summed E-state index contributed by atoms with van der Waals surface area (Å²) in [5.74, 6) is 0. The highest BCUT2D eigenvalue weighted by Gasteiger charge is 2.20. The molecule has 8 nitrogen and oxygen atoms in total. The molecule has 12 aromatic carbocycles. The number of pyridine rings is 4. The van der Waals surface area contributed by atoms with E-state index in [4.69, 9.17) is 28.8 Å². The van der Waals surface area contributed by atoms with Crippen LogP contribution in [0.15, 0.2) is 349 Å². The fourth-order valence-corrected chi connectivity index (χ4v) is 15.2. The second-order valence-corrected chi connectivity index (χ2v) is 25.7. The van der Waals surface area contributed by atoms with Gasteiger partial charge in [-0.3, -0.25) is 19.9 Å². The Balaban J connectivity index is 0.588. The SMILES string of the molecule is c1cc(-c2ccnc(-c3cc(-c4cccc(-c5cccc6c5oc5cc(-c7ccc8c9ccccc9n(-c9cccc(-c%10ccnc(-c%11cc(-c%12cccc(-n%13c%14ccccc%14c%14ccccc%14%13)c%12)ccn%11)c%10)c9)c8c7)ccc56)c4)ccn3)c2)cc(-c2cccc3c2oc2ccccc23)c1. The minimum Gasteiger partial charge on any atom is -0.455 e. The van der Waals surface area contributed by atoms with E-state index in [-0.39, 0.29) is 0 Å². The van der Waals surface area contributed by atoms with E-state index < -0.39 is 0 Å². The zero-order valence-electron chi connectivity index (χ0n) is 53.8. The second-order valence-electron chi connectivity index (χ2n) is 25.7. The third-order valence-corrected chi connectivity index (χ3v) is 19.9. The summed E-state index contributed by atoms with van der Waals surface area (Å²) in [6.45, 7) is 0. The van der Waals surface area contributed by atoms with Gasteiger partial charge in [0.1, 0.15) is 22.3 Å². The number of furan rings is 2. The predicted octanol–water partition coefficient (Wildman–Crippen LogP) is 24.3. The van der Waals surface area contributed by atoms with E-state index in [2.05, 4.69) is 312 Å². The van der Waals surface area contributed by atoms with Crippen LogP contribution in [0, 0.1) is 0 Å². The molecule has 0 saturated carbocycles. The topological polar surface area (TPSA) is 87.7 Å². The van der Waals surface area contributed by atoms with E-state index in [1.54, 1.807) is 0 Å². The highest BCUT2D eigenvalue weighted by Crippen LogP contribution is 2.43. The average Bonchev–Trinajstić information content (AvgIpc) is 1.61. The number of hydrogen-bond donors (Lipinski definition) is 0. The van der Waals surface area contributed by atoms with Crippen molar-refractivity contribution in [3.05, 3.63) is 340 Å². The van der Waals surface area contributed by atoms with Crippen molar-refractivity contribution >= 4 is 87.5 Å². The van der Waals surface area contributed by atoms with E-state index in [1.165, 1.54) is 32.6 Å². The predicted molar refractivity (Wildman–Crippen MR) is 410 cm³/mol. The lowest BCUT2D eigenvalue weighted by atomic mass is 9.96. The van der Waals surface area contributed by atoms with Gasteiger partial charge < -0.3 is 18.0 Å². The van der Waals surface area contributed by atoms with Crippen LogP contribution in [0.3, 0.4) is 0 Å². The Hall–Kier alpha value is -13.6. The molecule has 8 aromatic heterocycles. The molecule has 0 radical (unpaired) electrons. The number of rotatable bonds is 11. The van der Waals surface area contributed by atoms with Gasteiger partial charge in [0, 0.05) is 90.4 Å². The van der Waals surface area contributed by atoms with Gasteiger partial charge in [-0.2, -0.15) is 0 Å². The Bertz CT molecular complexity index is 6650. The number of fused-ring (bicyclic) bond motifs is 12. The molecule has 20 aromatic rings. The Kier molecular flexibility index (Phi) is 13.1. The van der Waals surface area contributed by atoms with Crippen molar-refractivity contribution in [2.75, 3.05) is 0 Å². The summed E-state index contributed by atoms with van der Waals surface area (Å²) < 4.78 is 18.2. The first-order chi connectivity index (χ1) is 49.5. The lowest BCUT2D eigenvalue weighted by Crippen LogP contribution is -1.95. The van der Waals surface area contributed by atoms with Crippen LogP contribution in [0.1, 0.15) is 0 Å². The van der Waals surface area contributed by atoms with E-state index in [1.807, 2.05) is 36.9 Å². The molecule has 0 unspecified atom stereocenters. The van der Waals surface area contributed by atoms with Gasteiger partial charge in [0.2, 0.25) is 0 Å². The summed E-state index contributed by atoms with van der Waals surface area (Å²) in [5.41, 5.74) is 28.4. The number of hydrogen-bond acceptors (Lipinski definition) is 6. The first-order valence-electron chi connectivity index (χ1n) is 33.7. The average molecular weight is 1280 g/mol. The van der Waals surface area contributed by atoms with Gasteiger partial charge in [-0.1, -0.05) is 188 Å². The number of para-hydroxylation sites is 6. The van der Waals surface area contributed by atoms with Gasteiger partial charge >= 0.3 is 0 Å². The number of benzene rings is 12. The summed E-state index contributed by atoms with van der Waals surface area (Å²) in [4.78, 5) is 19.5. The van der Waals surface area contributed by atoms with Crippen molar-refractivity contribution in [3.63, 3.8) is 0 Å². The maximum absolute atomic E-state index is 6.98. The van der Waals surface area contributed by atoms with E-state index in [0.29, 0.717) is 0 Å². The highest BCUT2D eigenvalue weighted by molar-refractivity contribution is 6.14. The molecule has 0 aliphatic rings. The quantitative estimate of drug-likeness (QED) is 0.128. The summed E-state index contributed by atoms with van der Waals surface area (Å²) in [6.07, 6.45) is 7.53. The molecule has 0 atom stereocenters. The second kappa shape index (κ2) is 23.1. The van der Waals surface area contributed by atoms with Crippen LogP contribution in [-0.4, -0.2) is 29.1 Å². The summed E-state index contributed by atoms with van der Waals surface area (Å²) in [5, 5.41) is 9.21. The lowest BCUT2D eigenvalue weighted by Gasteiger charge is -2.12. The van der Waals surface area contributed by atoms with Gasteiger partial charge in [-0.05, 0) is 194 Å². The first-order valence-corrected chi connectivity index (χ1v) is 33.7. The molecule has 0 amide bonds. The van der Waals surface area contributed by atoms with Crippen molar-refractivity contribution in [1.29, 1.82) is 0 Å². The van der Waals surface area contributed by atoms with E-state index >= 15 is 0 Å². The Morgan fingerprint density at radius 1 is 0.200 bits per heavy atom. The fraction of sp³-hybridized carbons (Fsp3) is 0. The van der Waals surface area contributed by atoms with Crippen LogP contribution in [0.4, 0.5) is 0 Å². The molecular weight excluding hydrogens is 1220 g/mol. The van der Waals surface area contributed by atoms with Crippen LogP contribution < -0.4 is 0 Å². The van der Waals surface area contributed by atoms with Crippen LogP contribution in [0.5, 0.6) is 0 Å². The summed E-state index contributed by atoms with van der Waals surface area (Å²) in [6, 6.07) is 112. The van der Waals surface area contributed by atoms with Crippen molar-refractivity contribution in [2.24, 2.45) is 0 Å². The standard InChI is InChI=1S/C92H56N6O2/c1-5-31-85-73(23-1)74-24-2-6-32-86(74)97(85)69-21-11-17-59(49-69)65-41-45-95-83(53-65)84-54-66(42-46-96-84)60-18-12-22-70(50-60)98-87-33-7-3-25-75(87)76-37-35-61(55-88(76)98)62-36-38-78-80-30-14-28-72(92(80)100-90(78)56-62)68-20-10-16-58(48-68)64-40-44-94-82(52-64)81-51-63(39-43-93-81)57-15-9-19-67(47-57)71-27-13-29-79-77-26-4-8-34-89(77)99-91(71)79/h1-56H. The van der Waals surface area contributed by atoms with Gasteiger partial charge in [0.05, 0.1) is 44.8 Å². The first kappa shape index (κ1) is 56.8. The van der Waals surface area contributed by atoms with Crippen molar-refractivity contribution in [2.45, 2.75) is 0 Å². The summed E-state index contributed by atoms with van der Waals surface area (Å²) in [7, 11) is 0. The summed E-state index contributed by atoms with van der Waals surface area (Å²) >= 11 is 0. The third-order valence-electron chi connectivity index (χ3n) is 19.9. The molecule has 8 heterocycles. The van der Waals surface area contributed by atoms with Crippen molar-refractivity contribution < 1.29 is 8.83 Å². The van der Waals surface area contributed by atoms with Gasteiger partial charge in [-0.25, -0.2) is 0 Å². The van der Waals surface area contributed by atoms with Gasteiger partial charge in [-0.15, -0.1) is 0 Å². The zero-order valence-corrected chi connectivity index (χ0v) is 53.8. The number of aromatic nitrogens is 6. The molecule has 0 spiro atoms. The maximum Gasteiger partial charge on any atom is 0.143 e. The minimum absolute atomic E-state index is 0.792. The third kappa shape index (κ3) is 9.52. The molecule has 0 aliphatic heterocycles. The zero-order chi connectivity index (χ0) is 65.8. The Morgan fingerprint density at radius 2 is 0.530 bits per heavy atom. The normalized spacial score (nSPS) is 11.8. The van der Waals surface area contributed by atoms with E-state index in [0.717, 1.165) is 167 Å². The van der Waals surface area contributed by atoms with Crippen LogP contribution in [-0.2, 0) is 0 Å². The molecule has 0 saturated heterocycles. The lowest BCUT2D eigenvalue weighted by molar-refractivity contribution is 0.669. The fourth-order valence-electron chi connectivity index (χ4n) is 15.2. The maximum atomic E-state index is 6.98. The van der Waals surface area contributed by atoms with Crippen molar-refractivity contribution in [3.8, 4) is 112 Å². The highest BCUT2D eigenvalue weighted by atomic mass is 16.3. The van der Waals surface area contributed by atoms with Crippen LogP contribution >= 0.6 is 0 Å². The van der Waals surface area contributed by atoms with Crippen LogP contribution in [0.2, 0.25) is 0 Å². The van der Waals surface area contributed by atoms with E-state index in [9.17, 15) is 0 Å². The minimum atomic E-state index is 0.792. The molecular formula is C92H56N6O2. The monoisotopic (exact) mass is 1280 g/mol. The van der Waals surface area contributed by atoms with Crippen LogP contribution in [0.25, 0.3) is 200 Å².